The number of hydrogen-bond donors (Lipinski definition) is 1. The molecule has 1 aromatic rings. The summed E-state index contributed by atoms with van der Waals surface area (Å²) in [6.07, 6.45) is 1.41. The molecule has 0 aliphatic rings. The van der Waals surface area contributed by atoms with Crippen LogP contribution >= 0.6 is 15.9 Å². The highest BCUT2D eigenvalue weighted by Crippen LogP contribution is 2.43. The lowest BCUT2D eigenvalue weighted by atomic mass is 10.1. The first-order valence-corrected chi connectivity index (χ1v) is 5.11. The molecule has 1 N–H and O–H groups in total. The molecule has 1 rings (SSSR count). The van der Waals surface area contributed by atoms with Crippen LogP contribution in [0, 0.1) is 0 Å². The van der Waals surface area contributed by atoms with Crippen molar-refractivity contribution in [1.82, 2.24) is 0 Å². The van der Waals surface area contributed by atoms with Gasteiger partial charge in [-0.1, -0.05) is 0 Å². The third kappa shape index (κ3) is 2.35. The van der Waals surface area contributed by atoms with E-state index in [1.54, 1.807) is 6.07 Å². The van der Waals surface area contributed by atoms with Crippen LogP contribution in [0.5, 0.6) is 17.2 Å². The number of methoxy groups -OCH3 is 2. The van der Waals surface area contributed by atoms with Gasteiger partial charge in [-0.15, -0.1) is 0 Å². The van der Waals surface area contributed by atoms with Gasteiger partial charge in [0.1, 0.15) is 10.2 Å². The zero-order chi connectivity index (χ0) is 12.1. The van der Waals surface area contributed by atoms with Crippen molar-refractivity contribution in [1.29, 1.82) is 0 Å². The molecule has 86 valence electrons. The molecule has 0 saturated carbocycles. The first-order chi connectivity index (χ1) is 7.65. The van der Waals surface area contributed by atoms with Crippen molar-refractivity contribution in [3.05, 3.63) is 16.1 Å². The predicted molar refractivity (Wildman–Crippen MR) is 60.7 cm³/mol. The van der Waals surface area contributed by atoms with Crippen molar-refractivity contribution in [2.24, 2.45) is 4.99 Å². The van der Waals surface area contributed by atoms with Crippen molar-refractivity contribution in [2.45, 2.75) is 6.54 Å². The van der Waals surface area contributed by atoms with Crippen LogP contribution in [0.15, 0.2) is 15.5 Å². The van der Waals surface area contributed by atoms with E-state index in [0.29, 0.717) is 21.5 Å². The van der Waals surface area contributed by atoms with E-state index in [4.69, 9.17) is 9.47 Å². The number of carbonyl (C=O) groups excluding carboxylic acids is 1. The highest BCUT2D eigenvalue weighted by atomic mass is 79.9. The molecule has 0 aliphatic heterocycles. The SMILES string of the molecule is COc1cc(CN=C=O)c(O)c(Br)c1OC. The monoisotopic (exact) mass is 287 g/mol. The average molecular weight is 288 g/mol. The molecule has 16 heavy (non-hydrogen) atoms. The van der Waals surface area contributed by atoms with Gasteiger partial charge in [0.15, 0.2) is 11.5 Å². The maximum Gasteiger partial charge on any atom is 0.235 e. The number of hydrogen-bond acceptors (Lipinski definition) is 5. The Morgan fingerprint density at radius 3 is 2.69 bits per heavy atom. The van der Waals surface area contributed by atoms with Gasteiger partial charge in [0, 0.05) is 5.56 Å². The summed E-state index contributed by atoms with van der Waals surface area (Å²) in [6, 6.07) is 1.56. The Labute approximate surface area is 101 Å². The molecule has 0 spiro atoms. The quantitative estimate of drug-likeness (QED) is 0.679. The van der Waals surface area contributed by atoms with Crippen LogP contribution in [-0.4, -0.2) is 25.4 Å². The van der Waals surface area contributed by atoms with E-state index in [9.17, 15) is 9.90 Å². The number of benzene rings is 1. The Balaban J connectivity index is 3.31. The lowest BCUT2D eigenvalue weighted by molar-refractivity contribution is 0.348. The van der Waals surface area contributed by atoms with Gasteiger partial charge in [0.05, 0.1) is 20.8 Å². The lowest BCUT2D eigenvalue weighted by Gasteiger charge is -2.13. The molecule has 5 nitrogen and oxygen atoms in total. The second-order valence-electron chi connectivity index (χ2n) is 2.84. The zero-order valence-electron chi connectivity index (χ0n) is 8.78. The Morgan fingerprint density at radius 1 is 1.50 bits per heavy atom. The van der Waals surface area contributed by atoms with Crippen molar-refractivity contribution in [3.63, 3.8) is 0 Å². The number of halogens is 1. The molecule has 0 radical (unpaired) electrons. The first kappa shape index (κ1) is 12.5. The van der Waals surface area contributed by atoms with E-state index >= 15 is 0 Å². The van der Waals surface area contributed by atoms with Gasteiger partial charge < -0.3 is 14.6 Å². The highest BCUT2D eigenvalue weighted by molar-refractivity contribution is 9.10. The Morgan fingerprint density at radius 2 is 2.19 bits per heavy atom. The second kappa shape index (κ2) is 5.53. The van der Waals surface area contributed by atoms with E-state index in [1.807, 2.05) is 0 Å². The number of phenols is 1. The number of aliphatic imine (C=N–C) groups is 1. The Kier molecular flexibility index (Phi) is 4.34. The maximum absolute atomic E-state index is 10.0. The van der Waals surface area contributed by atoms with Crippen LogP contribution in [0.1, 0.15) is 5.56 Å². The summed E-state index contributed by atoms with van der Waals surface area (Å²) in [4.78, 5) is 13.4. The molecule has 1 aromatic carbocycles. The minimum atomic E-state index is -0.0309. The van der Waals surface area contributed by atoms with Gasteiger partial charge in [0.25, 0.3) is 0 Å². The molecular formula is C10H10BrNO4. The summed E-state index contributed by atoms with van der Waals surface area (Å²) in [6.45, 7) is 0.0360. The minimum absolute atomic E-state index is 0.0309. The highest BCUT2D eigenvalue weighted by Gasteiger charge is 2.16. The van der Waals surface area contributed by atoms with E-state index < -0.39 is 0 Å². The summed E-state index contributed by atoms with van der Waals surface area (Å²) in [5.41, 5.74) is 0.452. The zero-order valence-corrected chi connectivity index (χ0v) is 10.4. The molecule has 6 heteroatoms. The van der Waals surface area contributed by atoms with Crippen LogP contribution in [0.3, 0.4) is 0 Å². The molecule has 0 heterocycles. The van der Waals surface area contributed by atoms with Crippen LogP contribution in [0.2, 0.25) is 0 Å². The third-order valence-electron chi connectivity index (χ3n) is 1.98. The largest absolute Gasteiger partial charge is 0.506 e. The van der Waals surface area contributed by atoms with E-state index in [-0.39, 0.29) is 12.3 Å². The number of phenolic OH excluding ortho intramolecular Hbond substituents is 1. The van der Waals surface area contributed by atoms with Gasteiger partial charge in [-0.2, -0.15) is 0 Å². The van der Waals surface area contributed by atoms with Gasteiger partial charge in [-0.25, -0.2) is 9.79 Å². The van der Waals surface area contributed by atoms with E-state index in [2.05, 4.69) is 20.9 Å². The van der Waals surface area contributed by atoms with E-state index in [1.165, 1.54) is 20.3 Å². The number of isocyanates is 1. The standard InChI is InChI=1S/C10H10BrNO4/c1-15-7-3-6(4-12-5-13)9(14)8(11)10(7)16-2/h3,14H,4H2,1-2H3. The van der Waals surface area contributed by atoms with Crippen LogP contribution in [0.25, 0.3) is 0 Å². The molecule has 0 bridgehead atoms. The van der Waals surface area contributed by atoms with Crippen LogP contribution in [-0.2, 0) is 11.3 Å². The van der Waals surface area contributed by atoms with Gasteiger partial charge in [-0.3, -0.25) is 0 Å². The summed E-state index contributed by atoms with van der Waals surface area (Å²) in [5, 5.41) is 9.78. The summed E-state index contributed by atoms with van der Waals surface area (Å²) in [5.74, 6) is 0.804. The topological polar surface area (TPSA) is 68.1 Å². The summed E-state index contributed by atoms with van der Waals surface area (Å²) >= 11 is 3.18. The number of rotatable bonds is 4. The minimum Gasteiger partial charge on any atom is -0.506 e. The molecular weight excluding hydrogens is 278 g/mol. The van der Waals surface area contributed by atoms with Gasteiger partial charge >= 0.3 is 0 Å². The van der Waals surface area contributed by atoms with Crippen molar-refractivity contribution in [3.8, 4) is 17.2 Å². The van der Waals surface area contributed by atoms with Crippen molar-refractivity contribution >= 4 is 22.0 Å². The number of ether oxygens (including phenoxy) is 2. The van der Waals surface area contributed by atoms with Crippen LogP contribution < -0.4 is 9.47 Å². The number of aromatic hydroxyl groups is 1. The molecule has 0 unspecified atom stereocenters. The summed E-state index contributed by atoms with van der Waals surface area (Å²) < 4.78 is 10.5. The van der Waals surface area contributed by atoms with Crippen molar-refractivity contribution in [2.75, 3.05) is 14.2 Å². The Hall–Kier alpha value is -1.52. The molecule has 0 aromatic heterocycles. The normalized spacial score (nSPS) is 9.44. The van der Waals surface area contributed by atoms with Crippen LogP contribution in [0.4, 0.5) is 0 Å². The number of nitrogens with zero attached hydrogens (tertiary/aromatic N) is 1. The molecule has 0 atom stereocenters. The summed E-state index contributed by atoms with van der Waals surface area (Å²) in [7, 11) is 2.94. The predicted octanol–water partition coefficient (Wildman–Crippen LogP) is 2.01. The average Bonchev–Trinajstić information content (AvgIpc) is 2.30. The lowest BCUT2D eigenvalue weighted by Crippen LogP contribution is -1.95. The van der Waals surface area contributed by atoms with Gasteiger partial charge in [0.2, 0.25) is 6.08 Å². The van der Waals surface area contributed by atoms with Gasteiger partial charge in [-0.05, 0) is 22.0 Å². The second-order valence-corrected chi connectivity index (χ2v) is 3.63. The Bertz CT molecular complexity index is 441. The van der Waals surface area contributed by atoms with Crippen molar-refractivity contribution < 1.29 is 19.4 Å². The fraction of sp³-hybridized carbons (Fsp3) is 0.300. The smallest absolute Gasteiger partial charge is 0.235 e. The van der Waals surface area contributed by atoms with E-state index in [0.717, 1.165) is 0 Å². The molecule has 0 saturated heterocycles. The maximum atomic E-state index is 10.0. The molecule has 0 amide bonds. The molecule has 0 aliphatic carbocycles. The fourth-order valence-corrected chi connectivity index (χ4v) is 1.84. The molecule has 0 fully saturated rings. The first-order valence-electron chi connectivity index (χ1n) is 4.31. The third-order valence-corrected chi connectivity index (χ3v) is 2.71. The fourth-order valence-electron chi connectivity index (χ4n) is 1.23.